The molecule has 0 unspecified atom stereocenters. The maximum absolute atomic E-state index is 13.3. The molecule has 0 atom stereocenters. The minimum Gasteiger partial charge on any atom is -0.298 e. The van der Waals surface area contributed by atoms with E-state index in [4.69, 9.17) is 0 Å². The molecule has 5 heteroatoms. The Morgan fingerprint density at radius 1 is 1.31 bits per heavy atom. The van der Waals surface area contributed by atoms with Crippen molar-refractivity contribution in [3.63, 3.8) is 0 Å². The van der Waals surface area contributed by atoms with Gasteiger partial charge in [-0.05, 0) is 18.2 Å². The molecule has 1 heterocycles. The Labute approximate surface area is 95.7 Å². The van der Waals surface area contributed by atoms with Gasteiger partial charge in [-0.25, -0.2) is 14.4 Å². The summed E-state index contributed by atoms with van der Waals surface area (Å²) in [6.07, 6.45) is 3.51. The van der Waals surface area contributed by atoms with Crippen molar-refractivity contribution in [3.05, 3.63) is 48.2 Å². The monoisotopic (exact) mass is 234 g/mol. The fraction of sp³-hybridized carbons (Fsp3) is 0. The van der Waals surface area contributed by atoms with Gasteiger partial charge in [0.1, 0.15) is 17.2 Å². The molecular formula is C11H7FN2OS. The highest BCUT2D eigenvalue weighted by molar-refractivity contribution is 7.99. The molecule has 1 aromatic heterocycles. The Hall–Kier alpha value is -1.75. The van der Waals surface area contributed by atoms with Crippen LogP contribution in [0.1, 0.15) is 10.4 Å². The van der Waals surface area contributed by atoms with Crippen LogP contribution < -0.4 is 0 Å². The normalized spacial score (nSPS) is 10.1. The predicted octanol–water partition coefficient (Wildman–Crippen LogP) is 2.58. The summed E-state index contributed by atoms with van der Waals surface area (Å²) in [6.45, 7) is 0. The summed E-state index contributed by atoms with van der Waals surface area (Å²) < 4.78 is 13.3. The topological polar surface area (TPSA) is 42.9 Å². The number of nitrogens with zero attached hydrogens (tertiary/aromatic N) is 2. The predicted molar refractivity (Wildman–Crippen MR) is 57.9 cm³/mol. The number of carbonyl (C=O) groups excluding carboxylic acids is 1. The molecule has 1 aromatic carbocycles. The van der Waals surface area contributed by atoms with E-state index < -0.39 is 5.82 Å². The lowest BCUT2D eigenvalue weighted by molar-refractivity contribution is 0.111. The zero-order chi connectivity index (χ0) is 11.4. The molecule has 0 saturated carbocycles. The molecule has 0 N–H and O–H groups in total. The van der Waals surface area contributed by atoms with Crippen LogP contribution in [-0.2, 0) is 0 Å². The molecule has 80 valence electrons. The van der Waals surface area contributed by atoms with Gasteiger partial charge in [-0.3, -0.25) is 4.79 Å². The molecule has 0 amide bonds. The van der Waals surface area contributed by atoms with Gasteiger partial charge in [-0.15, -0.1) is 0 Å². The number of hydrogen-bond donors (Lipinski definition) is 0. The third-order valence-electron chi connectivity index (χ3n) is 1.90. The van der Waals surface area contributed by atoms with E-state index >= 15 is 0 Å². The number of carbonyl (C=O) groups is 1. The van der Waals surface area contributed by atoms with E-state index in [1.165, 1.54) is 24.2 Å². The van der Waals surface area contributed by atoms with Gasteiger partial charge in [-0.1, -0.05) is 17.8 Å². The van der Waals surface area contributed by atoms with Crippen LogP contribution in [0.3, 0.4) is 0 Å². The lowest BCUT2D eigenvalue weighted by atomic mass is 10.2. The maximum atomic E-state index is 13.3. The molecule has 0 aliphatic heterocycles. The highest BCUT2D eigenvalue weighted by Crippen LogP contribution is 2.28. The second-order valence-corrected chi connectivity index (χ2v) is 3.98. The van der Waals surface area contributed by atoms with E-state index in [2.05, 4.69) is 9.97 Å². The first-order chi connectivity index (χ1) is 7.81. The van der Waals surface area contributed by atoms with Crippen molar-refractivity contribution in [2.45, 2.75) is 9.92 Å². The number of halogens is 1. The fourth-order valence-corrected chi connectivity index (χ4v) is 2.03. The van der Waals surface area contributed by atoms with Gasteiger partial charge in [0.05, 0.1) is 5.56 Å². The van der Waals surface area contributed by atoms with E-state index in [1.807, 2.05) is 0 Å². The van der Waals surface area contributed by atoms with Crippen molar-refractivity contribution in [2.24, 2.45) is 0 Å². The Kier molecular flexibility index (Phi) is 3.26. The van der Waals surface area contributed by atoms with Gasteiger partial charge in [-0.2, -0.15) is 0 Å². The third kappa shape index (κ3) is 2.25. The van der Waals surface area contributed by atoms with E-state index in [-0.39, 0.29) is 5.56 Å². The molecule has 2 aromatic rings. The first-order valence-electron chi connectivity index (χ1n) is 4.49. The van der Waals surface area contributed by atoms with Gasteiger partial charge in [0.15, 0.2) is 6.29 Å². The van der Waals surface area contributed by atoms with Crippen molar-refractivity contribution >= 4 is 18.0 Å². The van der Waals surface area contributed by atoms with E-state index in [0.717, 1.165) is 0 Å². The molecule has 0 radical (unpaired) electrons. The summed E-state index contributed by atoms with van der Waals surface area (Å²) in [4.78, 5) is 19.1. The number of aromatic nitrogens is 2. The Morgan fingerprint density at radius 3 is 2.88 bits per heavy atom. The van der Waals surface area contributed by atoms with Gasteiger partial charge >= 0.3 is 0 Å². The summed E-state index contributed by atoms with van der Waals surface area (Å²) in [5.74, 6) is -0.519. The number of aldehydes is 1. The van der Waals surface area contributed by atoms with Crippen LogP contribution in [0.5, 0.6) is 0 Å². The quantitative estimate of drug-likeness (QED) is 0.604. The molecule has 16 heavy (non-hydrogen) atoms. The highest BCUT2D eigenvalue weighted by Gasteiger charge is 2.08. The minimum absolute atomic E-state index is 0.0612. The maximum Gasteiger partial charge on any atom is 0.154 e. The Morgan fingerprint density at radius 2 is 2.19 bits per heavy atom. The SMILES string of the molecule is O=Cc1c(F)cccc1Sc1ccncn1. The lowest BCUT2D eigenvalue weighted by Crippen LogP contribution is -1.91. The van der Waals surface area contributed by atoms with Crippen molar-refractivity contribution < 1.29 is 9.18 Å². The van der Waals surface area contributed by atoms with Crippen LogP contribution in [-0.4, -0.2) is 16.3 Å². The van der Waals surface area contributed by atoms with E-state index in [0.29, 0.717) is 16.2 Å². The molecule has 0 aliphatic rings. The number of benzene rings is 1. The second-order valence-electron chi connectivity index (χ2n) is 2.92. The van der Waals surface area contributed by atoms with Crippen LogP contribution >= 0.6 is 11.8 Å². The molecule has 0 bridgehead atoms. The average molecular weight is 234 g/mol. The number of hydrogen-bond acceptors (Lipinski definition) is 4. The highest BCUT2D eigenvalue weighted by atomic mass is 32.2. The van der Waals surface area contributed by atoms with E-state index in [1.54, 1.807) is 24.4 Å². The Bertz CT molecular complexity index is 505. The van der Waals surface area contributed by atoms with Crippen molar-refractivity contribution in [1.29, 1.82) is 0 Å². The summed E-state index contributed by atoms with van der Waals surface area (Å²) in [7, 11) is 0. The first kappa shape index (κ1) is 10.8. The largest absolute Gasteiger partial charge is 0.298 e. The molecule has 0 aliphatic carbocycles. The van der Waals surface area contributed by atoms with Crippen LogP contribution in [0.4, 0.5) is 4.39 Å². The molecule has 3 nitrogen and oxygen atoms in total. The standard InChI is InChI=1S/C11H7FN2OS/c12-9-2-1-3-10(8(9)6-15)16-11-4-5-13-7-14-11/h1-7H. The van der Waals surface area contributed by atoms with Crippen LogP contribution in [0.15, 0.2) is 46.7 Å². The molecule has 0 fully saturated rings. The Balaban J connectivity index is 2.35. The average Bonchev–Trinajstić information content (AvgIpc) is 2.31. The molecule has 0 spiro atoms. The van der Waals surface area contributed by atoms with Crippen molar-refractivity contribution in [1.82, 2.24) is 9.97 Å². The second kappa shape index (κ2) is 4.85. The minimum atomic E-state index is -0.519. The lowest BCUT2D eigenvalue weighted by Gasteiger charge is -2.03. The zero-order valence-electron chi connectivity index (χ0n) is 8.13. The van der Waals surface area contributed by atoms with Crippen LogP contribution in [0.2, 0.25) is 0 Å². The molecular weight excluding hydrogens is 227 g/mol. The zero-order valence-corrected chi connectivity index (χ0v) is 8.95. The van der Waals surface area contributed by atoms with Crippen LogP contribution in [0, 0.1) is 5.82 Å². The van der Waals surface area contributed by atoms with Crippen molar-refractivity contribution in [3.8, 4) is 0 Å². The number of rotatable bonds is 3. The first-order valence-corrected chi connectivity index (χ1v) is 5.30. The summed E-state index contributed by atoms with van der Waals surface area (Å²) in [5.41, 5.74) is 0.0612. The summed E-state index contributed by atoms with van der Waals surface area (Å²) in [6, 6.07) is 6.20. The van der Waals surface area contributed by atoms with Gasteiger partial charge in [0.25, 0.3) is 0 Å². The smallest absolute Gasteiger partial charge is 0.154 e. The fourth-order valence-electron chi connectivity index (χ4n) is 1.17. The van der Waals surface area contributed by atoms with Crippen LogP contribution in [0.25, 0.3) is 0 Å². The van der Waals surface area contributed by atoms with Gasteiger partial charge < -0.3 is 0 Å². The van der Waals surface area contributed by atoms with Gasteiger partial charge in [0.2, 0.25) is 0 Å². The molecule has 0 saturated heterocycles. The van der Waals surface area contributed by atoms with E-state index in [9.17, 15) is 9.18 Å². The third-order valence-corrected chi connectivity index (χ3v) is 2.93. The molecule has 2 rings (SSSR count). The van der Waals surface area contributed by atoms with Crippen molar-refractivity contribution in [2.75, 3.05) is 0 Å². The van der Waals surface area contributed by atoms with Gasteiger partial charge in [0, 0.05) is 11.1 Å². The summed E-state index contributed by atoms with van der Waals surface area (Å²) >= 11 is 1.23. The summed E-state index contributed by atoms with van der Waals surface area (Å²) in [5, 5.41) is 0.670.